The van der Waals surface area contributed by atoms with Crippen molar-refractivity contribution in [2.45, 2.75) is 51.0 Å². The van der Waals surface area contributed by atoms with Crippen molar-refractivity contribution < 1.29 is 0 Å². The van der Waals surface area contributed by atoms with Gasteiger partial charge in [0.15, 0.2) is 0 Å². The Kier molecular flexibility index (Phi) is 5.74. The van der Waals surface area contributed by atoms with Gasteiger partial charge in [-0.15, -0.1) is 12.4 Å². The Balaban J connectivity index is 0.00000147. The van der Waals surface area contributed by atoms with E-state index in [0.717, 1.165) is 0 Å². The molecule has 1 saturated heterocycles. The molecule has 0 amide bonds. The van der Waals surface area contributed by atoms with Crippen LogP contribution in [0.5, 0.6) is 0 Å². The van der Waals surface area contributed by atoms with Crippen molar-refractivity contribution in [3.63, 3.8) is 0 Å². The fourth-order valence-corrected chi connectivity index (χ4v) is 3.65. The molecule has 3 rings (SSSR count). The molecule has 1 aromatic carbocycles. The molecule has 2 nitrogen and oxygen atoms in total. The molecule has 0 bridgehead atoms. The van der Waals surface area contributed by atoms with Crippen LogP contribution in [-0.4, -0.2) is 13.1 Å². The molecular weight excluding hydrogens is 268 g/mol. The van der Waals surface area contributed by atoms with Crippen molar-refractivity contribution in [3.05, 3.63) is 29.8 Å². The minimum Gasteiger partial charge on any atom is -0.372 e. The van der Waals surface area contributed by atoms with Gasteiger partial charge < -0.3 is 10.6 Å². The first kappa shape index (κ1) is 15.7. The molecule has 2 aliphatic rings. The number of nitrogens with two attached hydrogens (primary N) is 1. The van der Waals surface area contributed by atoms with Crippen molar-refractivity contribution in [2.75, 3.05) is 18.0 Å². The van der Waals surface area contributed by atoms with Crippen molar-refractivity contribution in [1.29, 1.82) is 0 Å². The van der Waals surface area contributed by atoms with Gasteiger partial charge in [0.2, 0.25) is 0 Å². The van der Waals surface area contributed by atoms with Crippen LogP contribution in [0.15, 0.2) is 24.3 Å². The predicted molar refractivity (Wildman–Crippen MR) is 88.6 cm³/mol. The molecule has 1 saturated carbocycles. The average molecular weight is 295 g/mol. The summed E-state index contributed by atoms with van der Waals surface area (Å²) >= 11 is 0. The maximum atomic E-state index is 6.46. The fraction of sp³-hybridized carbons (Fsp3) is 0.647. The van der Waals surface area contributed by atoms with Crippen LogP contribution >= 0.6 is 12.4 Å². The van der Waals surface area contributed by atoms with Crippen molar-refractivity contribution in [3.8, 4) is 0 Å². The van der Waals surface area contributed by atoms with Crippen molar-refractivity contribution >= 4 is 18.1 Å². The molecule has 0 radical (unpaired) electrons. The molecule has 3 heteroatoms. The average Bonchev–Trinajstić information content (AvgIpc) is 3.02. The van der Waals surface area contributed by atoms with Gasteiger partial charge in [0.05, 0.1) is 0 Å². The summed E-state index contributed by atoms with van der Waals surface area (Å²) in [6.07, 6.45) is 9.43. The summed E-state index contributed by atoms with van der Waals surface area (Å²) in [5.74, 6) is 0.700. The Morgan fingerprint density at radius 3 is 2.10 bits per heavy atom. The molecule has 1 heterocycles. The molecule has 1 aliphatic heterocycles. The standard InChI is InChI=1S/C17H26N2.ClH/c18-17(14-6-2-1-3-7-14)15-8-10-16(11-9-15)19-12-4-5-13-19;/h8-11,14,17H,1-7,12-13,18H2;1H/t17-;/m1./s1. The van der Waals surface area contributed by atoms with Crippen LogP contribution < -0.4 is 10.6 Å². The minimum absolute atomic E-state index is 0. The van der Waals surface area contributed by atoms with E-state index in [0.29, 0.717) is 5.92 Å². The maximum absolute atomic E-state index is 6.46. The molecule has 0 aromatic heterocycles. The highest BCUT2D eigenvalue weighted by molar-refractivity contribution is 5.85. The van der Waals surface area contributed by atoms with Crippen LogP contribution in [0.3, 0.4) is 0 Å². The quantitative estimate of drug-likeness (QED) is 0.901. The second-order valence-electron chi connectivity index (χ2n) is 6.21. The van der Waals surface area contributed by atoms with E-state index in [2.05, 4.69) is 29.2 Å². The fourth-order valence-electron chi connectivity index (χ4n) is 3.65. The van der Waals surface area contributed by atoms with Crippen molar-refractivity contribution in [1.82, 2.24) is 0 Å². The summed E-state index contributed by atoms with van der Waals surface area (Å²) in [6, 6.07) is 9.29. The van der Waals surface area contributed by atoms with E-state index >= 15 is 0 Å². The lowest BCUT2D eigenvalue weighted by atomic mass is 9.81. The lowest BCUT2D eigenvalue weighted by molar-refractivity contribution is 0.308. The van der Waals surface area contributed by atoms with E-state index in [9.17, 15) is 0 Å². The zero-order chi connectivity index (χ0) is 13.1. The van der Waals surface area contributed by atoms with Gasteiger partial charge in [0.25, 0.3) is 0 Å². The van der Waals surface area contributed by atoms with Crippen molar-refractivity contribution in [2.24, 2.45) is 11.7 Å². The van der Waals surface area contributed by atoms with Gasteiger partial charge in [-0.3, -0.25) is 0 Å². The first-order valence-electron chi connectivity index (χ1n) is 7.95. The second-order valence-corrected chi connectivity index (χ2v) is 6.21. The highest BCUT2D eigenvalue weighted by atomic mass is 35.5. The van der Waals surface area contributed by atoms with E-state index < -0.39 is 0 Å². The molecule has 20 heavy (non-hydrogen) atoms. The van der Waals surface area contributed by atoms with Gasteiger partial charge in [0.1, 0.15) is 0 Å². The SMILES string of the molecule is Cl.N[C@@H](c1ccc(N2CCCC2)cc1)C1CCCCC1. The number of nitrogens with zero attached hydrogens (tertiary/aromatic N) is 1. The minimum atomic E-state index is 0. The largest absolute Gasteiger partial charge is 0.372 e. The van der Waals surface area contributed by atoms with Gasteiger partial charge in [-0.1, -0.05) is 31.4 Å². The van der Waals surface area contributed by atoms with Crippen LogP contribution in [0.4, 0.5) is 5.69 Å². The van der Waals surface area contributed by atoms with Crippen LogP contribution in [-0.2, 0) is 0 Å². The van der Waals surface area contributed by atoms with E-state index in [1.807, 2.05) is 0 Å². The third-order valence-electron chi connectivity index (χ3n) is 4.91. The highest BCUT2D eigenvalue weighted by Gasteiger charge is 2.22. The van der Waals surface area contributed by atoms with E-state index in [4.69, 9.17) is 5.73 Å². The Labute approximate surface area is 129 Å². The monoisotopic (exact) mass is 294 g/mol. The zero-order valence-corrected chi connectivity index (χ0v) is 13.1. The lowest BCUT2D eigenvalue weighted by Crippen LogP contribution is -2.23. The van der Waals surface area contributed by atoms with Gasteiger partial charge in [-0.25, -0.2) is 0 Å². The molecule has 0 spiro atoms. The van der Waals surface area contributed by atoms with Gasteiger partial charge in [-0.05, 0) is 49.3 Å². The third kappa shape index (κ3) is 3.48. The molecule has 2 N–H and O–H groups in total. The molecule has 1 aliphatic carbocycles. The lowest BCUT2D eigenvalue weighted by Gasteiger charge is -2.28. The normalized spacial score (nSPS) is 21.6. The molecule has 112 valence electrons. The number of rotatable bonds is 3. The summed E-state index contributed by atoms with van der Waals surface area (Å²) in [5.41, 5.74) is 9.16. The third-order valence-corrected chi connectivity index (χ3v) is 4.91. The van der Waals surface area contributed by atoms with E-state index in [1.165, 1.54) is 69.3 Å². The van der Waals surface area contributed by atoms with Gasteiger partial charge in [-0.2, -0.15) is 0 Å². The first-order valence-corrected chi connectivity index (χ1v) is 7.95. The molecular formula is C17H27ClN2. The van der Waals surface area contributed by atoms with Crippen LogP contribution in [0, 0.1) is 5.92 Å². The molecule has 2 fully saturated rings. The topological polar surface area (TPSA) is 29.3 Å². The van der Waals surface area contributed by atoms with Crippen LogP contribution in [0.25, 0.3) is 0 Å². The van der Waals surface area contributed by atoms with Crippen LogP contribution in [0.2, 0.25) is 0 Å². The predicted octanol–water partition coefficient (Wildman–Crippen LogP) is 4.29. The summed E-state index contributed by atoms with van der Waals surface area (Å²) in [7, 11) is 0. The number of halogens is 1. The second kappa shape index (κ2) is 7.33. The summed E-state index contributed by atoms with van der Waals surface area (Å²) in [5, 5.41) is 0. The molecule has 1 aromatic rings. The summed E-state index contributed by atoms with van der Waals surface area (Å²) < 4.78 is 0. The Bertz CT molecular complexity index is 392. The number of benzene rings is 1. The van der Waals surface area contributed by atoms with Gasteiger partial charge >= 0.3 is 0 Å². The van der Waals surface area contributed by atoms with Crippen LogP contribution in [0.1, 0.15) is 56.6 Å². The Morgan fingerprint density at radius 1 is 0.900 bits per heavy atom. The Morgan fingerprint density at radius 2 is 1.50 bits per heavy atom. The number of hydrogen-bond donors (Lipinski definition) is 1. The first-order chi connectivity index (χ1) is 9.34. The summed E-state index contributed by atoms with van der Waals surface area (Å²) in [6.45, 7) is 2.43. The smallest absolute Gasteiger partial charge is 0.0366 e. The Hall–Kier alpha value is -0.730. The molecule has 1 atom stereocenters. The summed E-state index contributed by atoms with van der Waals surface area (Å²) in [4.78, 5) is 2.48. The number of anilines is 1. The number of hydrogen-bond acceptors (Lipinski definition) is 2. The zero-order valence-electron chi connectivity index (χ0n) is 12.3. The van der Waals surface area contributed by atoms with E-state index in [1.54, 1.807) is 0 Å². The maximum Gasteiger partial charge on any atom is 0.0366 e. The molecule has 0 unspecified atom stereocenters. The highest BCUT2D eigenvalue weighted by Crippen LogP contribution is 2.33. The van der Waals surface area contributed by atoms with E-state index in [-0.39, 0.29) is 18.4 Å². The van der Waals surface area contributed by atoms with Gasteiger partial charge in [0, 0.05) is 24.8 Å².